The molecule has 0 spiro atoms. The fourth-order valence-electron chi connectivity index (χ4n) is 4.18. The molecule has 4 bridgehead atoms. The Morgan fingerprint density at radius 1 is 1.12 bits per heavy atom. The van der Waals surface area contributed by atoms with Crippen LogP contribution >= 0.6 is 0 Å². The fraction of sp³-hybridized carbons (Fsp3) is 0.769. The van der Waals surface area contributed by atoms with Crippen molar-refractivity contribution in [2.24, 2.45) is 23.7 Å². The number of hydrogen-bond donors (Lipinski definition) is 1. The third-order valence-corrected chi connectivity index (χ3v) is 4.74. The molecule has 3 nitrogen and oxygen atoms in total. The van der Waals surface area contributed by atoms with Crippen LogP contribution in [0.2, 0.25) is 0 Å². The maximum Gasteiger partial charge on any atom is 0.330 e. The maximum absolute atomic E-state index is 11.3. The Kier molecular flexibility index (Phi) is 2.32. The standard InChI is InChI=1S/C13H18O3/c1-2-11(14)16-13-9-3-7-4-10(13)6-8(5-9)12(7)15/h2,7-10,12-13,15H,1,3-6H2. The second-order valence-electron chi connectivity index (χ2n) is 5.58. The van der Waals surface area contributed by atoms with E-state index in [0.29, 0.717) is 23.7 Å². The number of esters is 1. The Morgan fingerprint density at radius 3 is 2.06 bits per heavy atom. The van der Waals surface area contributed by atoms with Gasteiger partial charge in [-0.15, -0.1) is 0 Å². The van der Waals surface area contributed by atoms with E-state index in [9.17, 15) is 9.90 Å². The van der Waals surface area contributed by atoms with Crippen LogP contribution in [-0.4, -0.2) is 23.3 Å². The first-order valence-electron chi connectivity index (χ1n) is 6.20. The highest BCUT2D eigenvalue weighted by Gasteiger charge is 2.53. The van der Waals surface area contributed by atoms with Crippen LogP contribution in [0.4, 0.5) is 0 Å². The average molecular weight is 222 g/mol. The molecule has 1 N–H and O–H groups in total. The molecule has 88 valence electrons. The van der Waals surface area contributed by atoms with Gasteiger partial charge in [0.05, 0.1) is 6.10 Å². The Labute approximate surface area is 95.5 Å². The van der Waals surface area contributed by atoms with E-state index in [-0.39, 0.29) is 18.2 Å². The molecule has 0 aromatic rings. The van der Waals surface area contributed by atoms with Gasteiger partial charge in [0.2, 0.25) is 0 Å². The fourth-order valence-corrected chi connectivity index (χ4v) is 4.18. The second-order valence-corrected chi connectivity index (χ2v) is 5.58. The molecule has 0 aromatic carbocycles. The van der Waals surface area contributed by atoms with Gasteiger partial charge >= 0.3 is 5.97 Å². The maximum atomic E-state index is 11.3. The predicted molar refractivity (Wildman–Crippen MR) is 58.5 cm³/mol. The Morgan fingerprint density at radius 2 is 1.62 bits per heavy atom. The molecule has 4 rings (SSSR count). The van der Waals surface area contributed by atoms with Crippen LogP contribution in [0.1, 0.15) is 25.7 Å². The second kappa shape index (κ2) is 3.59. The minimum absolute atomic E-state index is 0.0884. The van der Waals surface area contributed by atoms with Crippen LogP contribution < -0.4 is 0 Å². The van der Waals surface area contributed by atoms with E-state index < -0.39 is 0 Å². The Hall–Kier alpha value is -0.830. The molecule has 3 heteroatoms. The molecular formula is C13H18O3. The summed E-state index contributed by atoms with van der Waals surface area (Å²) in [5.74, 6) is 1.59. The molecule has 0 amide bonds. The molecular weight excluding hydrogens is 204 g/mol. The number of aliphatic hydroxyl groups is 1. The summed E-state index contributed by atoms with van der Waals surface area (Å²) in [6.07, 6.45) is 5.37. The quantitative estimate of drug-likeness (QED) is 0.569. The Balaban J connectivity index is 1.75. The van der Waals surface area contributed by atoms with Gasteiger partial charge in [0, 0.05) is 6.08 Å². The highest BCUT2D eigenvalue weighted by Crippen LogP contribution is 2.54. The molecule has 0 heterocycles. The van der Waals surface area contributed by atoms with E-state index >= 15 is 0 Å². The van der Waals surface area contributed by atoms with E-state index in [4.69, 9.17) is 4.74 Å². The SMILES string of the molecule is C=CC(=O)OC1C2CC3CC1CC(C2)C3O. The molecule has 0 unspecified atom stereocenters. The van der Waals surface area contributed by atoms with Crippen molar-refractivity contribution in [3.63, 3.8) is 0 Å². The van der Waals surface area contributed by atoms with Crippen molar-refractivity contribution in [2.75, 3.05) is 0 Å². The highest BCUT2D eigenvalue weighted by molar-refractivity contribution is 5.81. The molecule has 0 atom stereocenters. The Bertz CT molecular complexity index is 293. The zero-order chi connectivity index (χ0) is 11.3. The number of ether oxygens (including phenoxy) is 1. The van der Waals surface area contributed by atoms with Crippen molar-refractivity contribution in [1.82, 2.24) is 0 Å². The van der Waals surface area contributed by atoms with Gasteiger partial charge in [-0.3, -0.25) is 0 Å². The molecule has 4 aliphatic rings. The van der Waals surface area contributed by atoms with Crippen LogP contribution in [0.5, 0.6) is 0 Å². The van der Waals surface area contributed by atoms with Crippen molar-refractivity contribution < 1.29 is 14.6 Å². The van der Waals surface area contributed by atoms with Gasteiger partial charge in [0.1, 0.15) is 6.10 Å². The minimum atomic E-state index is -0.293. The summed E-state index contributed by atoms with van der Waals surface area (Å²) in [5, 5.41) is 10.0. The zero-order valence-corrected chi connectivity index (χ0v) is 9.34. The van der Waals surface area contributed by atoms with Crippen LogP contribution in [0, 0.1) is 23.7 Å². The van der Waals surface area contributed by atoms with E-state index in [2.05, 4.69) is 6.58 Å². The number of hydrogen-bond acceptors (Lipinski definition) is 3. The summed E-state index contributed by atoms with van der Waals surface area (Å²) >= 11 is 0. The van der Waals surface area contributed by atoms with Gasteiger partial charge in [-0.1, -0.05) is 6.58 Å². The monoisotopic (exact) mass is 222 g/mol. The number of carbonyl (C=O) groups excluding carboxylic acids is 1. The largest absolute Gasteiger partial charge is 0.459 e. The molecule has 0 aromatic heterocycles. The van der Waals surface area contributed by atoms with Gasteiger partial charge in [0.25, 0.3) is 0 Å². The smallest absolute Gasteiger partial charge is 0.330 e. The number of aliphatic hydroxyl groups excluding tert-OH is 1. The third-order valence-electron chi connectivity index (χ3n) is 4.74. The highest BCUT2D eigenvalue weighted by atomic mass is 16.5. The van der Waals surface area contributed by atoms with Crippen molar-refractivity contribution in [1.29, 1.82) is 0 Å². The van der Waals surface area contributed by atoms with E-state index in [1.807, 2.05) is 0 Å². The lowest BCUT2D eigenvalue weighted by Crippen LogP contribution is -2.55. The van der Waals surface area contributed by atoms with Gasteiger partial charge in [0.15, 0.2) is 0 Å². The van der Waals surface area contributed by atoms with Crippen molar-refractivity contribution >= 4 is 5.97 Å². The molecule has 4 saturated carbocycles. The third kappa shape index (κ3) is 1.41. The topological polar surface area (TPSA) is 46.5 Å². The summed E-state index contributed by atoms with van der Waals surface area (Å²) in [7, 11) is 0. The lowest BCUT2D eigenvalue weighted by molar-refractivity contribution is -0.181. The summed E-state index contributed by atoms with van der Waals surface area (Å²) in [6, 6.07) is 0. The number of carbonyl (C=O) groups is 1. The van der Waals surface area contributed by atoms with E-state index in [1.165, 1.54) is 6.08 Å². The molecule has 16 heavy (non-hydrogen) atoms. The van der Waals surface area contributed by atoms with Crippen LogP contribution in [0.25, 0.3) is 0 Å². The van der Waals surface area contributed by atoms with Crippen molar-refractivity contribution in [3.05, 3.63) is 12.7 Å². The normalized spacial score (nSPS) is 49.1. The van der Waals surface area contributed by atoms with Crippen LogP contribution in [-0.2, 0) is 9.53 Å². The first-order valence-corrected chi connectivity index (χ1v) is 6.20. The first-order chi connectivity index (χ1) is 7.69. The van der Waals surface area contributed by atoms with E-state index in [0.717, 1.165) is 25.7 Å². The van der Waals surface area contributed by atoms with Gasteiger partial charge in [-0.2, -0.15) is 0 Å². The van der Waals surface area contributed by atoms with Gasteiger partial charge in [-0.05, 0) is 49.4 Å². The number of rotatable bonds is 2. The molecule has 4 aliphatic carbocycles. The van der Waals surface area contributed by atoms with Crippen molar-refractivity contribution in [3.8, 4) is 0 Å². The zero-order valence-electron chi connectivity index (χ0n) is 9.34. The van der Waals surface area contributed by atoms with Gasteiger partial charge in [-0.25, -0.2) is 4.79 Å². The predicted octanol–water partition coefficient (Wildman–Crippen LogP) is 1.51. The molecule has 0 radical (unpaired) electrons. The summed E-state index contributed by atoms with van der Waals surface area (Å²) in [6.45, 7) is 3.44. The molecule has 0 aliphatic heterocycles. The summed E-state index contributed by atoms with van der Waals surface area (Å²) in [5.41, 5.74) is 0. The lowest BCUT2D eigenvalue weighted by Gasteiger charge is -2.55. The molecule has 4 fully saturated rings. The lowest BCUT2D eigenvalue weighted by atomic mass is 9.53. The van der Waals surface area contributed by atoms with Crippen molar-refractivity contribution in [2.45, 2.75) is 37.9 Å². The van der Waals surface area contributed by atoms with Gasteiger partial charge < -0.3 is 9.84 Å². The van der Waals surface area contributed by atoms with Crippen LogP contribution in [0.3, 0.4) is 0 Å². The van der Waals surface area contributed by atoms with E-state index in [1.54, 1.807) is 0 Å². The molecule has 0 saturated heterocycles. The average Bonchev–Trinajstić information content (AvgIpc) is 2.26. The summed E-state index contributed by atoms with van der Waals surface area (Å²) in [4.78, 5) is 11.3. The summed E-state index contributed by atoms with van der Waals surface area (Å²) < 4.78 is 5.47. The minimum Gasteiger partial charge on any atom is -0.459 e. The van der Waals surface area contributed by atoms with Crippen LogP contribution in [0.15, 0.2) is 12.7 Å². The first kappa shape index (κ1) is 10.3.